The minimum Gasteiger partial charge on any atom is -0.491 e. The quantitative estimate of drug-likeness (QED) is 0.0698. The lowest BCUT2D eigenvalue weighted by Gasteiger charge is -2.19. The third kappa shape index (κ3) is 41.5. The standard InChI is InChI=1S/C42H76O20/c1-42(2,3)62-41(45)37-58-27-26-54-19-18-50-16-17-53-22-25-57-30-33-61-40-35-38(59-31-28-55-23-20-51-14-12-48-10-8-46-6-4-43)34-39(36-40)60-32-29-56-24-21-52-15-13-49-11-9-47-7-5-44/h34-36,43-44H,4-33,37H2,1-3H3. The number of hydrogen-bond donors (Lipinski definition) is 2. The van der Waals surface area contributed by atoms with Gasteiger partial charge in [0.1, 0.15) is 49.3 Å². The van der Waals surface area contributed by atoms with Crippen LogP contribution in [0.5, 0.6) is 17.2 Å². The van der Waals surface area contributed by atoms with Crippen molar-refractivity contribution in [1.82, 2.24) is 0 Å². The van der Waals surface area contributed by atoms with Crippen molar-refractivity contribution in [3.63, 3.8) is 0 Å². The molecule has 0 aliphatic rings. The minimum atomic E-state index is -0.534. The highest BCUT2D eigenvalue weighted by Gasteiger charge is 2.16. The monoisotopic (exact) mass is 900 g/mol. The van der Waals surface area contributed by atoms with Gasteiger partial charge in [0.25, 0.3) is 0 Å². The third-order valence-corrected chi connectivity index (χ3v) is 7.17. The molecule has 0 atom stereocenters. The summed E-state index contributed by atoms with van der Waals surface area (Å²) in [5.41, 5.74) is -0.534. The lowest BCUT2D eigenvalue weighted by molar-refractivity contribution is -0.160. The van der Waals surface area contributed by atoms with Gasteiger partial charge in [-0.05, 0) is 20.8 Å². The molecule has 0 aliphatic heterocycles. The van der Waals surface area contributed by atoms with Gasteiger partial charge in [-0.25, -0.2) is 4.79 Å². The van der Waals surface area contributed by atoms with Crippen LogP contribution >= 0.6 is 0 Å². The van der Waals surface area contributed by atoms with Crippen LogP contribution in [0, 0.1) is 0 Å². The van der Waals surface area contributed by atoms with Gasteiger partial charge < -0.3 is 90.7 Å². The summed E-state index contributed by atoms with van der Waals surface area (Å²) in [4.78, 5) is 11.6. The molecule has 0 fully saturated rings. The first-order chi connectivity index (χ1) is 30.3. The molecule has 20 nitrogen and oxygen atoms in total. The zero-order chi connectivity index (χ0) is 44.9. The molecule has 0 aliphatic carbocycles. The molecular weight excluding hydrogens is 824 g/mol. The van der Waals surface area contributed by atoms with Crippen LogP contribution in [0.2, 0.25) is 0 Å². The molecule has 0 heterocycles. The lowest BCUT2D eigenvalue weighted by atomic mass is 10.2. The van der Waals surface area contributed by atoms with Crippen molar-refractivity contribution in [2.45, 2.75) is 26.4 Å². The Morgan fingerprint density at radius 3 is 0.790 bits per heavy atom. The van der Waals surface area contributed by atoms with E-state index in [1.807, 2.05) is 0 Å². The normalized spacial score (nSPS) is 11.6. The zero-order valence-electron chi connectivity index (χ0n) is 37.4. The Labute approximate surface area is 367 Å². The van der Waals surface area contributed by atoms with Gasteiger partial charge >= 0.3 is 5.97 Å². The lowest BCUT2D eigenvalue weighted by Crippen LogP contribution is -2.27. The number of aliphatic hydroxyl groups is 2. The number of ether oxygens (including phenoxy) is 17. The van der Waals surface area contributed by atoms with Crippen molar-refractivity contribution in [2.24, 2.45) is 0 Å². The second kappa shape index (κ2) is 43.7. The Morgan fingerprint density at radius 1 is 0.355 bits per heavy atom. The molecule has 1 aromatic carbocycles. The second-order valence-corrected chi connectivity index (χ2v) is 13.6. The zero-order valence-corrected chi connectivity index (χ0v) is 37.4. The van der Waals surface area contributed by atoms with Gasteiger partial charge in [-0.15, -0.1) is 0 Å². The molecule has 20 heteroatoms. The molecule has 0 aromatic heterocycles. The number of rotatable bonds is 48. The number of carbonyl (C=O) groups is 1. The van der Waals surface area contributed by atoms with E-state index in [-0.39, 0.29) is 19.8 Å². The van der Waals surface area contributed by atoms with Gasteiger partial charge in [0, 0.05) is 18.2 Å². The summed E-state index contributed by atoms with van der Waals surface area (Å²) in [6.07, 6.45) is 0. The summed E-state index contributed by atoms with van der Waals surface area (Å²) in [7, 11) is 0. The van der Waals surface area contributed by atoms with Crippen molar-refractivity contribution in [3.8, 4) is 17.2 Å². The van der Waals surface area contributed by atoms with E-state index in [2.05, 4.69) is 0 Å². The maximum atomic E-state index is 11.6. The van der Waals surface area contributed by atoms with E-state index in [1.54, 1.807) is 39.0 Å². The Kier molecular flexibility index (Phi) is 40.6. The van der Waals surface area contributed by atoms with Crippen molar-refractivity contribution in [2.75, 3.05) is 205 Å². The molecule has 0 radical (unpaired) electrons. The molecule has 0 unspecified atom stereocenters. The molecular formula is C42H76O20. The third-order valence-electron chi connectivity index (χ3n) is 7.17. The van der Waals surface area contributed by atoms with E-state index in [0.29, 0.717) is 202 Å². The molecule has 0 spiro atoms. The highest BCUT2D eigenvalue weighted by Crippen LogP contribution is 2.28. The van der Waals surface area contributed by atoms with Gasteiger partial charge in [0.15, 0.2) is 0 Å². The summed E-state index contributed by atoms with van der Waals surface area (Å²) in [5.74, 6) is 1.27. The predicted octanol–water partition coefficient (Wildman–Crippen LogP) is 1.37. The predicted molar refractivity (Wildman–Crippen MR) is 224 cm³/mol. The molecule has 1 aromatic rings. The van der Waals surface area contributed by atoms with Crippen LogP contribution in [0.3, 0.4) is 0 Å². The van der Waals surface area contributed by atoms with Gasteiger partial charge in [-0.3, -0.25) is 0 Å². The van der Waals surface area contributed by atoms with E-state index < -0.39 is 11.6 Å². The summed E-state index contributed by atoms with van der Waals surface area (Å²) < 4.78 is 93.7. The van der Waals surface area contributed by atoms with Gasteiger partial charge in [0.2, 0.25) is 0 Å². The van der Waals surface area contributed by atoms with Crippen molar-refractivity contribution in [1.29, 1.82) is 0 Å². The molecule has 2 N–H and O–H groups in total. The van der Waals surface area contributed by atoms with Gasteiger partial charge in [-0.1, -0.05) is 0 Å². The highest BCUT2D eigenvalue weighted by atomic mass is 16.6. The van der Waals surface area contributed by atoms with Crippen molar-refractivity contribution >= 4 is 5.97 Å². The average Bonchev–Trinajstić information content (AvgIpc) is 3.24. The van der Waals surface area contributed by atoms with Crippen LogP contribution in [-0.2, 0) is 71.1 Å². The fourth-order valence-electron chi connectivity index (χ4n) is 4.51. The van der Waals surface area contributed by atoms with E-state index in [0.717, 1.165) is 0 Å². The summed E-state index contributed by atoms with van der Waals surface area (Å²) in [6.45, 7) is 16.2. The highest BCUT2D eigenvalue weighted by molar-refractivity contribution is 5.71. The first kappa shape index (κ1) is 57.5. The SMILES string of the molecule is CC(C)(C)OC(=O)COCCOCCOCCOCCOCCOc1cc(OCCOCCOCCOCCOCCO)cc(OCCOCCOCCOCCOCCO)c1. The van der Waals surface area contributed by atoms with E-state index in [1.165, 1.54) is 0 Å². The first-order valence-corrected chi connectivity index (χ1v) is 21.3. The molecule has 0 saturated heterocycles. The van der Waals surface area contributed by atoms with Crippen LogP contribution in [0.4, 0.5) is 0 Å². The van der Waals surface area contributed by atoms with Crippen LogP contribution < -0.4 is 14.2 Å². The minimum absolute atomic E-state index is 0.00382. The van der Waals surface area contributed by atoms with E-state index in [9.17, 15) is 4.79 Å². The van der Waals surface area contributed by atoms with Gasteiger partial charge in [0.05, 0.1) is 178 Å². The number of aliphatic hydroxyl groups excluding tert-OH is 2. The van der Waals surface area contributed by atoms with Crippen molar-refractivity contribution in [3.05, 3.63) is 18.2 Å². The maximum absolute atomic E-state index is 11.6. The molecule has 0 amide bonds. The molecule has 62 heavy (non-hydrogen) atoms. The molecule has 0 saturated carbocycles. The van der Waals surface area contributed by atoms with Crippen LogP contribution in [0.1, 0.15) is 20.8 Å². The first-order valence-electron chi connectivity index (χ1n) is 21.3. The number of benzene rings is 1. The molecule has 0 bridgehead atoms. The molecule has 1 rings (SSSR count). The smallest absolute Gasteiger partial charge is 0.332 e. The summed E-state index contributed by atoms with van der Waals surface area (Å²) in [5, 5.41) is 17.4. The number of carbonyl (C=O) groups excluding carboxylic acids is 1. The average molecular weight is 901 g/mol. The van der Waals surface area contributed by atoms with Crippen LogP contribution in [0.15, 0.2) is 18.2 Å². The molecule has 364 valence electrons. The largest absolute Gasteiger partial charge is 0.491 e. The van der Waals surface area contributed by atoms with E-state index >= 15 is 0 Å². The summed E-state index contributed by atoms with van der Waals surface area (Å²) >= 11 is 0. The Balaban J connectivity index is 2.25. The Hall–Kier alpha value is -2.51. The number of esters is 1. The second-order valence-electron chi connectivity index (χ2n) is 13.6. The summed E-state index contributed by atoms with van der Waals surface area (Å²) in [6, 6.07) is 5.33. The van der Waals surface area contributed by atoms with Crippen molar-refractivity contribution < 1.29 is 95.5 Å². The Bertz CT molecular complexity index is 1060. The fraction of sp³-hybridized carbons (Fsp3) is 0.833. The van der Waals surface area contributed by atoms with Gasteiger partial charge in [-0.2, -0.15) is 0 Å². The van der Waals surface area contributed by atoms with Crippen LogP contribution in [0.25, 0.3) is 0 Å². The maximum Gasteiger partial charge on any atom is 0.332 e. The Morgan fingerprint density at radius 2 is 0.565 bits per heavy atom. The van der Waals surface area contributed by atoms with E-state index in [4.69, 9.17) is 90.7 Å². The number of hydrogen-bond acceptors (Lipinski definition) is 20. The topological polar surface area (TPSA) is 214 Å². The van der Waals surface area contributed by atoms with Crippen LogP contribution in [-0.4, -0.2) is 227 Å². The fourth-order valence-corrected chi connectivity index (χ4v) is 4.51.